The average Bonchev–Trinajstić information content (AvgIpc) is 3.04. The molecule has 1 N–H and O–H groups in total. The van der Waals surface area contributed by atoms with E-state index in [4.69, 9.17) is 0 Å². The monoisotopic (exact) mass is 364 g/mol. The maximum Gasteiger partial charge on any atom is 0.282 e. The van der Waals surface area contributed by atoms with Gasteiger partial charge in [0, 0.05) is 7.05 Å². The van der Waals surface area contributed by atoms with Crippen LogP contribution in [0.1, 0.15) is 35.5 Å². The van der Waals surface area contributed by atoms with Gasteiger partial charge in [-0.3, -0.25) is 9.48 Å². The number of nitrogens with one attached hydrogen (secondary N) is 1. The minimum Gasteiger partial charge on any atom is -0.271 e. The van der Waals surface area contributed by atoms with Gasteiger partial charge in [0.1, 0.15) is 17.9 Å². The summed E-state index contributed by atoms with van der Waals surface area (Å²) in [5.74, 6) is -1.58. The van der Waals surface area contributed by atoms with E-state index in [1.165, 1.54) is 14.0 Å². The number of alkyl halides is 4. The lowest BCUT2D eigenvalue weighted by Crippen LogP contribution is -2.25. The molecular formula is C13H13F5N6O. The van der Waals surface area contributed by atoms with E-state index in [2.05, 4.69) is 15.3 Å². The second-order valence-corrected chi connectivity index (χ2v) is 4.96. The highest BCUT2D eigenvalue weighted by Gasteiger charge is 2.22. The molecule has 0 aliphatic carbocycles. The molecule has 2 heterocycles. The molecule has 0 atom stereocenters. The van der Waals surface area contributed by atoms with Crippen molar-refractivity contribution in [1.82, 2.24) is 25.0 Å². The summed E-state index contributed by atoms with van der Waals surface area (Å²) in [6, 6.07) is 0.528. The molecule has 0 bridgehead atoms. The van der Waals surface area contributed by atoms with Gasteiger partial charge in [-0.15, -0.1) is 0 Å². The first-order valence-electron chi connectivity index (χ1n) is 6.85. The van der Waals surface area contributed by atoms with Gasteiger partial charge in [-0.05, 0) is 13.0 Å². The van der Waals surface area contributed by atoms with Gasteiger partial charge < -0.3 is 0 Å². The largest absolute Gasteiger partial charge is 0.282 e. The third-order valence-electron chi connectivity index (χ3n) is 3.15. The van der Waals surface area contributed by atoms with Crippen LogP contribution in [0, 0.1) is 12.9 Å². The Morgan fingerprint density at radius 3 is 2.52 bits per heavy atom. The van der Waals surface area contributed by atoms with Gasteiger partial charge in [-0.25, -0.2) is 27.7 Å². The second kappa shape index (κ2) is 7.40. The molecule has 136 valence electrons. The highest BCUT2D eigenvalue weighted by atomic mass is 19.3. The number of amides is 1. The van der Waals surface area contributed by atoms with Crippen LogP contribution in [0.2, 0.25) is 0 Å². The predicted molar refractivity (Wildman–Crippen MR) is 75.8 cm³/mol. The van der Waals surface area contributed by atoms with Crippen LogP contribution in [0.3, 0.4) is 0 Å². The third kappa shape index (κ3) is 4.19. The van der Waals surface area contributed by atoms with Crippen LogP contribution in [0.4, 0.5) is 22.0 Å². The zero-order valence-electron chi connectivity index (χ0n) is 13.1. The van der Waals surface area contributed by atoms with Gasteiger partial charge in [0.05, 0.1) is 17.5 Å². The zero-order chi connectivity index (χ0) is 18.7. The highest BCUT2D eigenvalue weighted by Crippen LogP contribution is 2.24. The molecule has 0 radical (unpaired) electrons. The molecule has 0 aliphatic rings. The Kier molecular flexibility index (Phi) is 5.49. The van der Waals surface area contributed by atoms with Gasteiger partial charge in [0.25, 0.3) is 18.8 Å². The van der Waals surface area contributed by atoms with E-state index in [1.807, 2.05) is 5.43 Å². The maximum atomic E-state index is 13.6. The summed E-state index contributed by atoms with van der Waals surface area (Å²) in [4.78, 5) is 11.7. The third-order valence-corrected chi connectivity index (χ3v) is 3.15. The van der Waals surface area contributed by atoms with Crippen molar-refractivity contribution in [3.05, 3.63) is 34.7 Å². The number of halogens is 5. The van der Waals surface area contributed by atoms with Crippen molar-refractivity contribution >= 4 is 12.1 Å². The fourth-order valence-corrected chi connectivity index (χ4v) is 1.99. The Hall–Kier alpha value is -2.79. The number of rotatable bonds is 6. The van der Waals surface area contributed by atoms with Gasteiger partial charge in [0.2, 0.25) is 5.95 Å². The number of nitrogens with zero attached hydrogens (tertiary/aromatic N) is 5. The number of hydrazone groups is 1. The zero-order valence-corrected chi connectivity index (χ0v) is 13.1. The fraction of sp³-hybridized carbons (Fsp3) is 0.385. The number of aromatic nitrogens is 4. The van der Waals surface area contributed by atoms with Crippen LogP contribution in [0.25, 0.3) is 0 Å². The SMILES string of the molecule is Cc1nn(C)c(F)c1/C=N\NC(=O)Cn1nc(C(F)F)cc1C(F)F. The van der Waals surface area contributed by atoms with Gasteiger partial charge in [-0.2, -0.15) is 19.7 Å². The summed E-state index contributed by atoms with van der Waals surface area (Å²) in [7, 11) is 1.38. The standard InChI is InChI=1S/C13H13F5N6O/c1-6-7(13(18)23(2)21-6)4-19-20-10(25)5-24-9(12(16)17)3-8(22-24)11(14)15/h3-4,11-12H,5H2,1-2H3,(H,20,25)/b19-4-. The van der Waals surface area contributed by atoms with E-state index < -0.39 is 42.6 Å². The van der Waals surface area contributed by atoms with E-state index in [0.717, 1.165) is 10.9 Å². The van der Waals surface area contributed by atoms with Gasteiger partial charge in [0.15, 0.2) is 0 Å². The number of hydrogen-bond donors (Lipinski definition) is 1. The summed E-state index contributed by atoms with van der Waals surface area (Å²) < 4.78 is 65.8. The van der Waals surface area contributed by atoms with Crippen LogP contribution in [-0.2, 0) is 18.4 Å². The highest BCUT2D eigenvalue weighted by molar-refractivity contribution is 5.83. The van der Waals surface area contributed by atoms with E-state index in [-0.39, 0.29) is 5.56 Å². The molecule has 7 nitrogen and oxygen atoms in total. The minimum absolute atomic E-state index is 0.0372. The van der Waals surface area contributed by atoms with Gasteiger partial charge in [-0.1, -0.05) is 0 Å². The molecular weight excluding hydrogens is 351 g/mol. The van der Waals surface area contributed by atoms with Crippen molar-refractivity contribution in [3.8, 4) is 0 Å². The molecule has 1 amide bonds. The number of hydrogen-bond acceptors (Lipinski definition) is 4. The topological polar surface area (TPSA) is 77.1 Å². The number of carbonyl (C=O) groups is 1. The summed E-state index contributed by atoms with van der Waals surface area (Å²) in [5, 5.41) is 10.6. The minimum atomic E-state index is -3.08. The number of carbonyl (C=O) groups excluding carboxylic acids is 1. The van der Waals surface area contributed by atoms with E-state index in [1.54, 1.807) is 0 Å². The molecule has 0 spiro atoms. The van der Waals surface area contributed by atoms with Crippen molar-refractivity contribution in [2.24, 2.45) is 12.1 Å². The first kappa shape index (κ1) is 18.5. The lowest BCUT2D eigenvalue weighted by molar-refractivity contribution is -0.121. The van der Waals surface area contributed by atoms with Crippen LogP contribution in [-0.4, -0.2) is 31.7 Å². The molecule has 25 heavy (non-hydrogen) atoms. The summed E-state index contributed by atoms with van der Waals surface area (Å²) in [6.45, 7) is 0.773. The Morgan fingerprint density at radius 1 is 1.32 bits per heavy atom. The lowest BCUT2D eigenvalue weighted by atomic mass is 10.3. The molecule has 12 heteroatoms. The summed E-state index contributed by atoms with van der Waals surface area (Å²) >= 11 is 0. The average molecular weight is 364 g/mol. The Bertz CT molecular complexity index is 797. The van der Waals surface area contributed by atoms with Crippen molar-refractivity contribution in [2.45, 2.75) is 26.3 Å². The van der Waals surface area contributed by atoms with Crippen molar-refractivity contribution in [1.29, 1.82) is 0 Å². The van der Waals surface area contributed by atoms with Crippen LogP contribution in [0.5, 0.6) is 0 Å². The molecule has 2 rings (SSSR count). The van der Waals surface area contributed by atoms with Crippen molar-refractivity contribution in [3.63, 3.8) is 0 Å². The Labute approximate surface area is 138 Å². The van der Waals surface area contributed by atoms with E-state index >= 15 is 0 Å². The van der Waals surface area contributed by atoms with Crippen LogP contribution >= 0.6 is 0 Å². The van der Waals surface area contributed by atoms with E-state index in [9.17, 15) is 26.7 Å². The van der Waals surface area contributed by atoms with E-state index in [0.29, 0.717) is 16.4 Å². The molecule has 0 fully saturated rings. The molecule has 0 aliphatic heterocycles. The first-order chi connectivity index (χ1) is 11.7. The Morgan fingerprint density at radius 2 is 2.00 bits per heavy atom. The predicted octanol–water partition coefficient (Wildman–Crippen LogP) is 2.09. The summed E-state index contributed by atoms with van der Waals surface area (Å²) in [5.41, 5.74) is 0.667. The fourth-order valence-electron chi connectivity index (χ4n) is 1.99. The molecule has 0 unspecified atom stereocenters. The van der Waals surface area contributed by atoms with Crippen LogP contribution in [0.15, 0.2) is 11.2 Å². The van der Waals surface area contributed by atoms with Crippen molar-refractivity contribution in [2.75, 3.05) is 0 Å². The molecule has 0 saturated heterocycles. The lowest BCUT2D eigenvalue weighted by Gasteiger charge is -2.05. The Balaban J connectivity index is 2.06. The normalized spacial score (nSPS) is 11.9. The second-order valence-electron chi connectivity index (χ2n) is 4.96. The van der Waals surface area contributed by atoms with Gasteiger partial charge >= 0.3 is 0 Å². The van der Waals surface area contributed by atoms with Crippen LogP contribution < -0.4 is 5.43 Å². The smallest absolute Gasteiger partial charge is 0.271 e. The molecule has 2 aromatic rings. The maximum absolute atomic E-state index is 13.6. The molecule has 0 saturated carbocycles. The first-order valence-corrected chi connectivity index (χ1v) is 6.85. The number of aryl methyl sites for hydroxylation is 2. The quantitative estimate of drug-likeness (QED) is 0.484. The molecule has 2 aromatic heterocycles. The molecule has 0 aromatic carbocycles. The summed E-state index contributed by atoms with van der Waals surface area (Å²) in [6.07, 6.45) is -5.13. The van der Waals surface area contributed by atoms with Crippen molar-refractivity contribution < 1.29 is 26.7 Å².